The fraction of sp³-hybridized carbons (Fsp3) is 0. The van der Waals surface area contributed by atoms with E-state index in [-0.39, 0.29) is 0 Å². The van der Waals surface area contributed by atoms with E-state index in [1.54, 1.807) is 0 Å². The van der Waals surface area contributed by atoms with Gasteiger partial charge in [0, 0.05) is 30.9 Å². The zero-order valence-corrected chi connectivity index (χ0v) is 28.6. The van der Waals surface area contributed by atoms with E-state index in [1.165, 1.54) is 106 Å². The Kier molecular flexibility index (Phi) is 6.09. The molecule has 0 amide bonds. The molecule has 0 fully saturated rings. The normalized spacial score (nSPS) is 12.0. The molecule has 0 bridgehead atoms. The first kappa shape index (κ1) is 28.1. The van der Waals surface area contributed by atoms with E-state index >= 15 is 0 Å². The molecule has 2 aromatic heterocycles. The van der Waals surface area contributed by atoms with E-state index in [4.69, 9.17) is 0 Å². The van der Waals surface area contributed by atoms with Gasteiger partial charge in [0.1, 0.15) is 0 Å². The molecule has 50 heavy (non-hydrogen) atoms. The largest absolute Gasteiger partial charge is 0.134 e. The van der Waals surface area contributed by atoms with Gasteiger partial charge in [0.2, 0.25) is 0 Å². The van der Waals surface area contributed by atoms with E-state index in [9.17, 15) is 0 Å². The topological polar surface area (TPSA) is 0 Å². The number of fused-ring (bicyclic) bond motifs is 10. The fourth-order valence-electron chi connectivity index (χ4n) is 8.20. The second kappa shape index (κ2) is 10.9. The van der Waals surface area contributed by atoms with Crippen LogP contribution in [0, 0.1) is 0 Å². The molecule has 0 radical (unpaired) electrons. The average Bonchev–Trinajstić information content (AvgIpc) is 3.75. The van der Waals surface area contributed by atoms with Gasteiger partial charge in [-0.25, -0.2) is 0 Å². The fourth-order valence-corrected chi connectivity index (χ4v) is 10.7. The third-order valence-electron chi connectivity index (χ3n) is 10.5. The Morgan fingerprint density at radius 1 is 0.280 bits per heavy atom. The van der Waals surface area contributed by atoms with Crippen molar-refractivity contribution in [1.29, 1.82) is 0 Å². The van der Waals surface area contributed by atoms with Crippen LogP contribution in [0.5, 0.6) is 0 Å². The van der Waals surface area contributed by atoms with Crippen LogP contribution in [0.4, 0.5) is 0 Å². The molecule has 0 aliphatic heterocycles. The van der Waals surface area contributed by atoms with Gasteiger partial charge in [0.05, 0.1) is 9.40 Å². The Labute approximate surface area is 297 Å². The van der Waals surface area contributed by atoms with Crippen LogP contribution in [0.15, 0.2) is 170 Å². The van der Waals surface area contributed by atoms with Crippen molar-refractivity contribution in [2.75, 3.05) is 0 Å². The highest BCUT2D eigenvalue weighted by atomic mass is 32.1. The van der Waals surface area contributed by atoms with Crippen molar-refractivity contribution >= 4 is 95.3 Å². The van der Waals surface area contributed by atoms with Crippen molar-refractivity contribution < 1.29 is 0 Å². The van der Waals surface area contributed by atoms with Crippen LogP contribution in [0.2, 0.25) is 0 Å². The number of hydrogen-bond acceptors (Lipinski definition) is 2. The quantitative estimate of drug-likeness (QED) is 0.164. The van der Waals surface area contributed by atoms with Crippen LogP contribution in [0.3, 0.4) is 0 Å². The maximum Gasteiger partial charge on any atom is 0.0534 e. The third kappa shape index (κ3) is 4.10. The van der Waals surface area contributed by atoms with E-state index in [0.29, 0.717) is 0 Å². The van der Waals surface area contributed by atoms with Gasteiger partial charge < -0.3 is 0 Å². The molecule has 0 spiro atoms. The van der Waals surface area contributed by atoms with Gasteiger partial charge in [0.15, 0.2) is 0 Å². The van der Waals surface area contributed by atoms with Crippen LogP contribution >= 0.6 is 22.7 Å². The summed E-state index contributed by atoms with van der Waals surface area (Å²) in [6.07, 6.45) is 0. The van der Waals surface area contributed by atoms with Crippen molar-refractivity contribution in [3.8, 4) is 33.4 Å². The molecule has 0 unspecified atom stereocenters. The van der Waals surface area contributed by atoms with Gasteiger partial charge in [-0.05, 0) is 83.9 Å². The van der Waals surface area contributed by atoms with E-state index in [0.717, 1.165) is 0 Å². The van der Waals surface area contributed by atoms with Crippen molar-refractivity contribution in [2.24, 2.45) is 0 Å². The monoisotopic (exact) mass is 668 g/mol. The van der Waals surface area contributed by atoms with E-state index in [2.05, 4.69) is 170 Å². The molecule has 11 aromatic rings. The van der Waals surface area contributed by atoms with Crippen molar-refractivity contribution in [2.45, 2.75) is 0 Å². The molecule has 11 rings (SSSR count). The standard InChI is InChI=1S/C48H28S2/c1-2-12-33-30(10-1)11-9-18-35(33)46-38-16-5-3-14-36(38)45(37-15-4-6-17-39(37)46)31-22-20-29(21-23-31)32-24-27-44-42(28-32)41-26-25-40-34-13-7-8-19-43(34)49-47(40)48(41)50-44/h1-28H. The predicted octanol–water partition coefficient (Wildman–Crippen LogP) is 14.9. The van der Waals surface area contributed by atoms with E-state index < -0.39 is 0 Å². The number of hydrogen-bond donors (Lipinski definition) is 0. The lowest BCUT2D eigenvalue weighted by atomic mass is 9.84. The second-order valence-corrected chi connectivity index (χ2v) is 15.3. The van der Waals surface area contributed by atoms with Crippen molar-refractivity contribution in [1.82, 2.24) is 0 Å². The minimum absolute atomic E-state index is 1.24. The number of rotatable bonds is 3. The van der Waals surface area contributed by atoms with Crippen molar-refractivity contribution in [3.63, 3.8) is 0 Å². The third-order valence-corrected chi connectivity index (χ3v) is 13.0. The predicted molar refractivity (Wildman–Crippen MR) is 221 cm³/mol. The summed E-state index contributed by atoms with van der Waals surface area (Å²) in [4.78, 5) is 0. The van der Waals surface area contributed by atoms with Crippen LogP contribution in [0.25, 0.3) is 106 Å². The van der Waals surface area contributed by atoms with Gasteiger partial charge in [-0.2, -0.15) is 0 Å². The van der Waals surface area contributed by atoms with Gasteiger partial charge in [-0.15, -0.1) is 22.7 Å². The average molecular weight is 669 g/mol. The smallest absolute Gasteiger partial charge is 0.0534 e. The molecule has 0 aliphatic rings. The van der Waals surface area contributed by atoms with Gasteiger partial charge in [0.25, 0.3) is 0 Å². The summed E-state index contributed by atoms with van der Waals surface area (Å²) in [5, 5.41) is 13.1. The molecule has 0 nitrogen and oxygen atoms in total. The maximum absolute atomic E-state index is 2.39. The Bertz CT molecular complexity index is 3080. The maximum atomic E-state index is 2.39. The van der Waals surface area contributed by atoms with E-state index in [1.807, 2.05) is 22.7 Å². The minimum atomic E-state index is 1.24. The molecule has 0 saturated heterocycles. The molecule has 232 valence electrons. The molecule has 9 aromatic carbocycles. The summed E-state index contributed by atoms with van der Waals surface area (Å²) >= 11 is 3.84. The first-order valence-electron chi connectivity index (χ1n) is 17.1. The van der Waals surface area contributed by atoms with Gasteiger partial charge >= 0.3 is 0 Å². The molecule has 2 heteroatoms. The summed E-state index contributed by atoms with van der Waals surface area (Å²) in [5.41, 5.74) is 7.60. The molecule has 0 atom stereocenters. The number of benzene rings is 9. The summed E-state index contributed by atoms with van der Waals surface area (Å²) < 4.78 is 5.50. The van der Waals surface area contributed by atoms with Crippen LogP contribution in [-0.4, -0.2) is 0 Å². The highest BCUT2D eigenvalue weighted by Gasteiger charge is 2.18. The Morgan fingerprint density at radius 3 is 1.48 bits per heavy atom. The first-order chi connectivity index (χ1) is 24.8. The molecule has 2 heterocycles. The Hall–Kier alpha value is -5.80. The van der Waals surface area contributed by atoms with Gasteiger partial charge in [-0.3, -0.25) is 0 Å². The minimum Gasteiger partial charge on any atom is -0.134 e. The number of thiophene rings is 2. The Morgan fingerprint density at radius 2 is 0.780 bits per heavy atom. The first-order valence-corrected chi connectivity index (χ1v) is 18.7. The lowest BCUT2D eigenvalue weighted by Crippen LogP contribution is -1.91. The van der Waals surface area contributed by atoms with Crippen LogP contribution < -0.4 is 0 Å². The molecular weight excluding hydrogens is 641 g/mol. The molecular formula is C48H28S2. The molecule has 0 aliphatic carbocycles. The SMILES string of the molecule is c1ccc2c(-c3c4ccccc4c(-c4ccc(-c5ccc6sc7c(ccc8c9ccccc9sc87)c6c5)cc4)c4ccccc34)cccc2c1. The molecule has 0 saturated carbocycles. The zero-order valence-electron chi connectivity index (χ0n) is 27.0. The zero-order chi connectivity index (χ0) is 32.8. The summed E-state index contributed by atoms with van der Waals surface area (Å²) in [6, 6.07) is 63.0. The Balaban J connectivity index is 1.06. The summed E-state index contributed by atoms with van der Waals surface area (Å²) in [5.74, 6) is 0. The summed E-state index contributed by atoms with van der Waals surface area (Å²) in [6.45, 7) is 0. The highest BCUT2D eigenvalue weighted by molar-refractivity contribution is 7.33. The van der Waals surface area contributed by atoms with Crippen LogP contribution in [-0.2, 0) is 0 Å². The second-order valence-electron chi connectivity index (χ2n) is 13.2. The van der Waals surface area contributed by atoms with Crippen molar-refractivity contribution in [3.05, 3.63) is 170 Å². The summed E-state index contributed by atoms with van der Waals surface area (Å²) in [7, 11) is 0. The molecule has 0 N–H and O–H groups in total. The lowest BCUT2D eigenvalue weighted by molar-refractivity contribution is 1.64. The highest BCUT2D eigenvalue weighted by Crippen LogP contribution is 2.47. The van der Waals surface area contributed by atoms with Gasteiger partial charge in [-0.1, -0.05) is 152 Å². The van der Waals surface area contributed by atoms with Crippen LogP contribution in [0.1, 0.15) is 0 Å². The lowest BCUT2D eigenvalue weighted by Gasteiger charge is -2.19.